The Morgan fingerprint density at radius 2 is 1.76 bits per heavy atom. The molecule has 0 amide bonds. The molecule has 0 saturated heterocycles. The van der Waals surface area contributed by atoms with Crippen LogP contribution in [0.5, 0.6) is 0 Å². The summed E-state index contributed by atoms with van der Waals surface area (Å²) in [5.74, 6) is 0. The number of aliphatic hydroxyl groups is 1. The van der Waals surface area contributed by atoms with E-state index in [2.05, 4.69) is 31.2 Å². The summed E-state index contributed by atoms with van der Waals surface area (Å²) in [5, 5.41) is 11.9. The summed E-state index contributed by atoms with van der Waals surface area (Å²) in [7, 11) is 0. The standard InChI is InChI=1S/C18H30O2Se/c1-2-3-4-5-6-10-13-20-14-18(19)16-21-15-17-11-8-7-9-12-17/h7-9,11-12,18-19H,2-6,10,13-16H2,1H3. The molecule has 1 unspecified atom stereocenters. The Labute approximate surface area is 136 Å². The van der Waals surface area contributed by atoms with Crippen molar-refractivity contribution in [3.63, 3.8) is 0 Å². The number of unbranched alkanes of at least 4 members (excludes halogenated alkanes) is 5. The van der Waals surface area contributed by atoms with Crippen molar-refractivity contribution in [2.75, 3.05) is 13.2 Å². The molecule has 0 heterocycles. The summed E-state index contributed by atoms with van der Waals surface area (Å²) in [4.78, 5) is 0. The molecular formula is C18H30O2Se. The molecule has 0 fully saturated rings. The Kier molecular flexibility index (Phi) is 11.9. The van der Waals surface area contributed by atoms with Crippen molar-refractivity contribution in [3.8, 4) is 0 Å². The van der Waals surface area contributed by atoms with Crippen LogP contribution >= 0.6 is 0 Å². The van der Waals surface area contributed by atoms with Gasteiger partial charge >= 0.3 is 136 Å². The van der Waals surface area contributed by atoms with E-state index in [1.807, 2.05) is 6.07 Å². The van der Waals surface area contributed by atoms with Crippen LogP contribution in [0.1, 0.15) is 51.0 Å². The summed E-state index contributed by atoms with van der Waals surface area (Å²) in [6.07, 6.45) is 7.42. The van der Waals surface area contributed by atoms with Gasteiger partial charge in [-0.25, -0.2) is 0 Å². The zero-order valence-electron chi connectivity index (χ0n) is 13.3. The number of rotatable bonds is 13. The molecule has 1 atom stereocenters. The number of hydrogen-bond acceptors (Lipinski definition) is 2. The van der Waals surface area contributed by atoms with Crippen molar-refractivity contribution in [1.82, 2.24) is 0 Å². The second-order valence-electron chi connectivity index (χ2n) is 5.50. The first-order valence-corrected chi connectivity index (χ1v) is 10.6. The quantitative estimate of drug-likeness (QED) is 0.426. The number of benzene rings is 1. The fraction of sp³-hybridized carbons (Fsp3) is 0.667. The van der Waals surface area contributed by atoms with Crippen molar-refractivity contribution in [3.05, 3.63) is 35.9 Å². The first-order chi connectivity index (χ1) is 10.3. The molecule has 1 rings (SSSR count). The normalized spacial score (nSPS) is 12.5. The van der Waals surface area contributed by atoms with Gasteiger partial charge in [0.2, 0.25) is 0 Å². The molecule has 0 saturated carbocycles. The molecule has 0 radical (unpaired) electrons. The molecular weight excluding hydrogens is 327 g/mol. The minimum absolute atomic E-state index is 0.284. The molecule has 0 aliphatic rings. The fourth-order valence-corrected chi connectivity index (χ4v) is 4.06. The van der Waals surface area contributed by atoms with Gasteiger partial charge in [0, 0.05) is 0 Å². The molecule has 1 aromatic carbocycles. The van der Waals surface area contributed by atoms with Gasteiger partial charge < -0.3 is 0 Å². The first-order valence-electron chi connectivity index (χ1n) is 8.20. The number of aliphatic hydroxyl groups excluding tert-OH is 1. The molecule has 21 heavy (non-hydrogen) atoms. The van der Waals surface area contributed by atoms with E-state index in [4.69, 9.17) is 4.74 Å². The van der Waals surface area contributed by atoms with Crippen molar-refractivity contribution >= 4 is 15.0 Å². The van der Waals surface area contributed by atoms with Crippen LogP contribution in [-0.4, -0.2) is 39.4 Å². The van der Waals surface area contributed by atoms with E-state index in [0.717, 1.165) is 23.7 Å². The molecule has 3 heteroatoms. The van der Waals surface area contributed by atoms with Crippen molar-refractivity contribution in [1.29, 1.82) is 0 Å². The molecule has 0 aromatic heterocycles. The van der Waals surface area contributed by atoms with Crippen molar-refractivity contribution in [2.45, 2.75) is 62.2 Å². The van der Waals surface area contributed by atoms with Gasteiger partial charge in [0.05, 0.1) is 0 Å². The van der Waals surface area contributed by atoms with Gasteiger partial charge in [-0.15, -0.1) is 0 Å². The summed E-state index contributed by atoms with van der Waals surface area (Å²) in [5.41, 5.74) is 1.37. The van der Waals surface area contributed by atoms with Crippen molar-refractivity contribution in [2.24, 2.45) is 0 Å². The summed E-state index contributed by atoms with van der Waals surface area (Å²) in [6, 6.07) is 10.5. The van der Waals surface area contributed by atoms with E-state index >= 15 is 0 Å². The van der Waals surface area contributed by atoms with Crippen LogP contribution in [0, 0.1) is 0 Å². The summed E-state index contributed by atoms with van der Waals surface area (Å²) in [6.45, 7) is 3.55. The van der Waals surface area contributed by atoms with Crippen LogP contribution in [0.3, 0.4) is 0 Å². The van der Waals surface area contributed by atoms with Crippen LogP contribution in [0.15, 0.2) is 30.3 Å². The summed E-state index contributed by atoms with van der Waals surface area (Å²) >= 11 is 0.463. The fourth-order valence-electron chi connectivity index (χ4n) is 2.14. The monoisotopic (exact) mass is 358 g/mol. The van der Waals surface area contributed by atoms with Crippen LogP contribution in [-0.2, 0) is 10.1 Å². The van der Waals surface area contributed by atoms with Crippen LogP contribution in [0.2, 0.25) is 5.32 Å². The Balaban J connectivity index is 1.88. The maximum absolute atomic E-state index is 9.89. The van der Waals surface area contributed by atoms with E-state index in [9.17, 15) is 5.11 Å². The SMILES string of the molecule is CCCCCCCCOCC(O)C[Se]Cc1ccccc1. The minimum atomic E-state index is -0.284. The van der Waals surface area contributed by atoms with Gasteiger partial charge in [-0.2, -0.15) is 0 Å². The molecule has 0 spiro atoms. The Morgan fingerprint density at radius 1 is 1.05 bits per heavy atom. The van der Waals surface area contributed by atoms with Gasteiger partial charge in [-0.1, -0.05) is 0 Å². The second-order valence-corrected chi connectivity index (χ2v) is 7.66. The van der Waals surface area contributed by atoms with Crippen LogP contribution in [0.4, 0.5) is 0 Å². The van der Waals surface area contributed by atoms with Gasteiger partial charge in [-0.3, -0.25) is 0 Å². The molecule has 2 nitrogen and oxygen atoms in total. The Hall–Kier alpha value is -0.341. The van der Waals surface area contributed by atoms with E-state index in [0.29, 0.717) is 21.6 Å². The van der Waals surface area contributed by atoms with E-state index < -0.39 is 0 Å². The molecule has 1 aromatic rings. The Bertz CT molecular complexity index is 329. The average molecular weight is 357 g/mol. The van der Waals surface area contributed by atoms with Gasteiger partial charge in [0.15, 0.2) is 0 Å². The third kappa shape index (κ3) is 11.0. The molecule has 0 aliphatic heterocycles. The first kappa shape index (κ1) is 18.7. The topological polar surface area (TPSA) is 29.5 Å². The second kappa shape index (κ2) is 13.3. The summed E-state index contributed by atoms with van der Waals surface area (Å²) < 4.78 is 5.56. The zero-order valence-corrected chi connectivity index (χ0v) is 15.0. The van der Waals surface area contributed by atoms with E-state index in [-0.39, 0.29) is 6.10 Å². The zero-order chi connectivity index (χ0) is 15.2. The van der Waals surface area contributed by atoms with Gasteiger partial charge in [0.1, 0.15) is 0 Å². The van der Waals surface area contributed by atoms with Gasteiger partial charge in [-0.05, 0) is 0 Å². The molecule has 0 aliphatic carbocycles. The Morgan fingerprint density at radius 3 is 2.52 bits per heavy atom. The molecule has 120 valence electrons. The average Bonchev–Trinajstić information content (AvgIpc) is 2.51. The van der Waals surface area contributed by atoms with Crippen molar-refractivity contribution < 1.29 is 9.84 Å². The molecule has 1 N–H and O–H groups in total. The third-order valence-corrected chi connectivity index (χ3v) is 5.80. The van der Waals surface area contributed by atoms with Gasteiger partial charge in [0.25, 0.3) is 0 Å². The third-order valence-electron chi connectivity index (χ3n) is 3.37. The molecule has 0 bridgehead atoms. The van der Waals surface area contributed by atoms with E-state index in [1.54, 1.807) is 0 Å². The van der Waals surface area contributed by atoms with Crippen LogP contribution in [0.25, 0.3) is 0 Å². The number of hydrogen-bond donors (Lipinski definition) is 1. The predicted molar refractivity (Wildman–Crippen MR) is 90.9 cm³/mol. The number of ether oxygens (including phenoxy) is 1. The maximum atomic E-state index is 9.89. The van der Waals surface area contributed by atoms with Crippen LogP contribution < -0.4 is 0 Å². The van der Waals surface area contributed by atoms with E-state index in [1.165, 1.54) is 37.7 Å². The predicted octanol–water partition coefficient (Wildman–Crippen LogP) is 4.05.